The van der Waals surface area contributed by atoms with Crippen molar-refractivity contribution in [3.8, 4) is 11.5 Å². The Kier molecular flexibility index (Phi) is 25.2. The molecule has 0 spiro atoms. The van der Waals surface area contributed by atoms with E-state index in [2.05, 4.69) is 9.95 Å². The number of rotatable bonds is 4. The molecule has 0 radical (unpaired) electrons. The average molecular weight is 690 g/mol. The van der Waals surface area contributed by atoms with Crippen molar-refractivity contribution in [2.45, 2.75) is 0 Å². The van der Waals surface area contributed by atoms with Crippen LogP contribution in [0.1, 0.15) is 1.43 Å². The molecule has 0 atom stereocenters. The maximum absolute atomic E-state index is 10.3. The van der Waals surface area contributed by atoms with Gasteiger partial charge in [0.1, 0.15) is 12.1 Å². The number of nitrogens with zero attached hydrogens (tertiary/aromatic N) is 6. The van der Waals surface area contributed by atoms with Crippen LogP contribution in [0, 0.1) is 31.0 Å². The molecule has 39 heavy (non-hydrogen) atoms. The van der Waals surface area contributed by atoms with E-state index in [4.69, 9.17) is 55.3 Å². The summed E-state index contributed by atoms with van der Waals surface area (Å²) in [6, 6.07) is 7.53. The summed E-state index contributed by atoms with van der Waals surface area (Å²) >= 11 is 0. The summed E-state index contributed by atoms with van der Waals surface area (Å²) in [7, 11) is -7.56. The Bertz CT molecular complexity index is 1270. The fourth-order valence-electron chi connectivity index (χ4n) is 1.74. The molecule has 0 heterocycles. The Morgan fingerprint density at radius 1 is 0.718 bits per heavy atom. The molecular formula is C14H13Cl2N6O14S2Zn-. The number of nitro benzene ring substituents is 2. The van der Waals surface area contributed by atoms with Crippen LogP contribution in [0.25, 0.3) is 9.95 Å². The fourth-order valence-corrected chi connectivity index (χ4v) is 1.74. The van der Waals surface area contributed by atoms with E-state index in [1.165, 1.54) is 38.5 Å². The average Bonchev–Trinajstić information content (AvgIpc) is 2.76. The first-order chi connectivity index (χ1) is 16.4. The minimum Gasteiger partial charge on any atom is -1.00 e. The molecule has 0 aliphatic rings. The molecule has 0 N–H and O–H groups in total. The van der Waals surface area contributed by atoms with Gasteiger partial charge in [-0.25, -0.2) is 0 Å². The third-order valence-electron chi connectivity index (χ3n) is 2.96. The molecule has 0 aliphatic heterocycles. The monoisotopic (exact) mass is 687 g/mol. The van der Waals surface area contributed by atoms with Crippen LogP contribution in [-0.4, -0.2) is 59.1 Å². The van der Waals surface area contributed by atoms with E-state index in [1.807, 2.05) is 0 Å². The van der Waals surface area contributed by atoms with E-state index in [1.54, 1.807) is 0 Å². The van der Waals surface area contributed by atoms with Gasteiger partial charge in [-0.05, 0) is 12.1 Å². The van der Waals surface area contributed by atoms with E-state index in [9.17, 15) is 20.2 Å². The standard InChI is InChI=1S/2C7H6N3O3.2ClH.2H2O4S.Zn/c2*1-13-7-3-2-5(10(11)12)4-6(7)9-8;;;2*1-5(2,3)4;/h2*2-4H,1H3;2*1H;2*(H2,1,2,3,4);/q2*+1;;;;;+2/p-5. The molecule has 0 unspecified atom stereocenters. The van der Waals surface area contributed by atoms with Crippen molar-refractivity contribution >= 4 is 43.5 Å². The van der Waals surface area contributed by atoms with Crippen molar-refractivity contribution in [3.05, 3.63) is 66.6 Å². The predicted molar refractivity (Wildman–Crippen MR) is 111 cm³/mol. The Balaban J connectivity index is -0.000000101. The molecule has 2 rings (SSSR count). The molecule has 212 valence electrons. The molecule has 2 aromatic rings. The van der Waals surface area contributed by atoms with Gasteiger partial charge in [0.2, 0.25) is 22.3 Å². The zero-order valence-corrected chi connectivity index (χ0v) is 25.3. The summed E-state index contributed by atoms with van der Waals surface area (Å²) in [5.74, 6) is 0.571. The molecule has 20 nitrogen and oxygen atoms in total. The first-order valence-electron chi connectivity index (χ1n) is 8.06. The Morgan fingerprint density at radius 2 is 0.949 bits per heavy atom. The van der Waals surface area contributed by atoms with Crippen LogP contribution in [0.2, 0.25) is 0 Å². The summed E-state index contributed by atoms with van der Waals surface area (Å²) in [5.41, 5.74) is -0.212. The van der Waals surface area contributed by atoms with Gasteiger partial charge in [-0.2, -0.15) is 0 Å². The van der Waals surface area contributed by atoms with Crippen molar-refractivity contribution in [2.75, 3.05) is 14.2 Å². The minimum atomic E-state index is -5.17. The number of methoxy groups -OCH3 is 2. The number of hydrogen-bond acceptors (Lipinski definition) is 16. The van der Waals surface area contributed by atoms with Crippen LogP contribution >= 0.6 is 0 Å². The summed E-state index contributed by atoms with van der Waals surface area (Å²) < 4.78 is 77.8. The number of halogens is 2. The second-order valence-electron chi connectivity index (χ2n) is 5.24. The smallest absolute Gasteiger partial charge is 1.00 e. The van der Waals surface area contributed by atoms with Crippen LogP contribution in [0.4, 0.5) is 22.7 Å². The SMILES string of the molecule is COc1ccc([N+](=O)[O-])cc1[N+]#N.COc1ccc([N+](=O)[O-])cc1[N+]#N.O=S(=O)([O-])[O-].O=S(=O)([O-])[O-].[Cl-].[Cl-].[H+].[Zn+2]. The molecule has 0 saturated heterocycles. The number of diazo groups is 2. The Hall–Kier alpha value is -3.38. The zero-order chi connectivity index (χ0) is 28.7. The summed E-state index contributed by atoms with van der Waals surface area (Å²) in [6.45, 7) is 0. The van der Waals surface area contributed by atoms with Gasteiger partial charge in [0.25, 0.3) is 11.4 Å². The van der Waals surface area contributed by atoms with Gasteiger partial charge in [-0.3, -0.25) is 37.1 Å². The number of hydrogen-bond donors (Lipinski definition) is 0. The van der Waals surface area contributed by atoms with Crippen LogP contribution < -0.4 is 34.3 Å². The number of nitro groups is 2. The number of ether oxygens (including phenoxy) is 2. The third-order valence-corrected chi connectivity index (χ3v) is 2.96. The van der Waals surface area contributed by atoms with Crippen molar-refractivity contribution in [1.29, 1.82) is 10.8 Å². The first-order valence-corrected chi connectivity index (χ1v) is 10.7. The first kappa shape index (κ1) is 45.5. The van der Waals surface area contributed by atoms with Crippen LogP contribution in [0.3, 0.4) is 0 Å². The summed E-state index contributed by atoms with van der Waals surface area (Å²) in [4.78, 5) is 25.2. The second-order valence-corrected chi connectivity index (χ2v) is 6.88. The largest absolute Gasteiger partial charge is 2.00 e. The van der Waals surface area contributed by atoms with Gasteiger partial charge in [0.05, 0.1) is 24.1 Å². The molecular weight excluding hydrogens is 677 g/mol. The normalized spacial score (nSPS) is 8.92. The van der Waals surface area contributed by atoms with Gasteiger partial charge in [-0.1, -0.05) is 0 Å². The van der Waals surface area contributed by atoms with Crippen LogP contribution in [0.5, 0.6) is 11.5 Å². The number of non-ortho nitro benzene ring substituents is 2. The van der Waals surface area contributed by atoms with Crippen molar-refractivity contribution < 1.29 is 100 Å². The summed E-state index contributed by atoms with van der Waals surface area (Å²) in [6.07, 6.45) is 0. The number of benzene rings is 2. The van der Waals surface area contributed by atoms with Crippen molar-refractivity contribution in [2.24, 2.45) is 0 Å². The molecule has 0 saturated carbocycles. The minimum absolute atomic E-state index is 0. The second kappa shape index (κ2) is 21.5. The Labute approximate surface area is 246 Å². The van der Waals surface area contributed by atoms with E-state index >= 15 is 0 Å². The maximum Gasteiger partial charge on any atom is 2.00 e. The molecule has 0 aliphatic carbocycles. The van der Waals surface area contributed by atoms with Gasteiger partial charge >= 0.3 is 32.3 Å². The zero-order valence-electron chi connectivity index (χ0n) is 20.1. The van der Waals surface area contributed by atoms with Crippen LogP contribution in [0.15, 0.2) is 36.4 Å². The molecule has 0 fully saturated rings. The van der Waals surface area contributed by atoms with Crippen LogP contribution in [-0.2, 0) is 40.3 Å². The van der Waals surface area contributed by atoms with E-state index in [-0.39, 0.29) is 80.0 Å². The Morgan fingerprint density at radius 3 is 1.10 bits per heavy atom. The van der Waals surface area contributed by atoms with Gasteiger partial charge in [0, 0.05) is 32.9 Å². The summed E-state index contributed by atoms with van der Waals surface area (Å²) in [5, 5.41) is 37.6. The van der Waals surface area contributed by atoms with Gasteiger partial charge in [-0.15, -0.1) is 0 Å². The van der Waals surface area contributed by atoms with E-state index < -0.39 is 30.6 Å². The molecule has 25 heteroatoms. The predicted octanol–water partition coefficient (Wildman–Crippen LogP) is -4.38. The topological polar surface area (TPSA) is 322 Å². The third kappa shape index (κ3) is 24.7. The molecule has 0 bridgehead atoms. The van der Waals surface area contributed by atoms with Crippen molar-refractivity contribution in [3.63, 3.8) is 0 Å². The van der Waals surface area contributed by atoms with E-state index in [0.29, 0.717) is 0 Å². The molecule has 0 amide bonds. The quantitative estimate of drug-likeness (QED) is 0.0730. The fraction of sp³-hybridized carbons (Fsp3) is 0.143. The van der Waals surface area contributed by atoms with Gasteiger partial charge in [0.15, 0.2) is 9.95 Å². The maximum atomic E-state index is 10.3. The van der Waals surface area contributed by atoms with E-state index in [0.717, 1.165) is 12.1 Å². The van der Waals surface area contributed by atoms with Gasteiger partial charge < -0.3 is 52.5 Å². The molecule has 0 aromatic heterocycles. The molecule has 2 aromatic carbocycles. The van der Waals surface area contributed by atoms with Crippen molar-refractivity contribution in [1.82, 2.24) is 0 Å².